The summed E-state index contributed by atoms with van der Waals surface area (Å²) < 4.78 is 83.3. The predicted octanol–water partition coefficient (Wildman–Crippen LogP) is 4.21. The summed E-state index contributed by atoms with van der Waals surface area (Å²) in [5.74, 6) is -6.61. The Kier molecular flexibility index (Phi) is 9.28. The second-order valence-corrected chi connectivity index (χ2v) is 5.86. The predicted molar refractivity (Wildman–Crippen MR) is 75.7 cm³/mol. The SMILES string of the molecule is CCC(OC(=O)CCCC(=O)OCC(F)(F)C(F)C(F)(F)F)C(C)C. The zero-order valence-electron chi connectivity index (χ0n) is 14.2. The summed E-state index contributed by atoms with van der Waals surface area (Å²) in [6.45, 7) is 3.52. The van der Waals surface area contributed by atoms with Crippen molar-refractivity contribution in [2.45, 2.75) is 70.8 Å². The standard InChI is InChI=1S/C15H22F6O4/c1-4-10(9(2)3)25-12(23)7-5-6-11(22)24-8-14(17,18)13(16)15(19,20)21/h9-10,13H,4-8H2,1-3H3. The van der Waals surface area contributed by atoms with Gasteiger partial charge in [0.15, 0.2) is 6.61 Å². The molecular weight excluding hydrogens is 358 g/mol. The normalized spacial score (nSPS) is 15.0. The molecule has 0 fully saturated rings. The van der Waals surface area contributed by atoms with Crippen LogP contribution in [0.15, 0.2) is 0 Å². The van der Waals surface area contributed by atoms with Crippen LogP contribution in [-0.2, 0) is 19.1 Å². The Bertz CT molecular complexity index is 436. The molecule has 0 N–H and O–H groups in total. The number of carbonyl (C=O) groups excluding carboxylic acids is 2. The second kappa shape index (κ2) is 9.86. The number of carbonyl (C=O) groups is 2. The maximum atomic E-state index is 12.9. The van der Waals surface area contributed by atoms with Crippen LogP contribution < -0.4 is 0 Å². The highest BCUT2D eigenvalue weighted by atomic mass is 19.4. The quantitative estimate of drug-likeness (QED) is 0.421. The van der Waals surface area contributed by atoms with Crippen LogP contribution in [0.2, 0.25) is 0 Å². The minimum atomic E-state index is -5.76. The van der Waals surface area contributed by atoms with E-state index in [1.165, 1.54) is 0 Å². The molecule has 25 heavy (non-hydrogen) atoms. The van der Waals surface area contributed by atoms with E-state index in [0.29, 0.717) is 6.42 Å². The van der Waals surface area contributed by atoms with Crippen LogP contribution in [0.1, 0.15) is 46.5 Å². The smallest absolute Gasteiger partial charge is 0.425 e. The van der Waals surface area contributed by atoms with Gasteiger partial charge in [0, 0.05) is 12.8 Å². The molecule has 10 heteroatoms. The Morgan fingerprint density at radius 1 is 1.00 bits per heavy atom. The summed E-state index contributed by atoms with van der Waals surface area (Å²) in [6.07, 6.45) is -10.6. The summed E-state index contributed by atoms with van der Waals surface area (Å²) in [4.78, 5) is 22.8. The van der Waals surface area contributed by atoms with Gasteiger partial charge in [-0.2, -0.15) is 22.0 Å². The van der Waals surface area contributed by atoms with Crippen molar-refractivity contribution in [3.05, 3.63) is 0 Å². The average molecular weight is 380 g/mol. The second-order valence-electron chi connectivity index (χ2n) is 5.86. The lowest BCUT2D eigenvalue weighted by Gasteiger charge is -2.22. The van der Waals surface area contributed by atoms with Crippen LogP contribution in [-0.4, -0.2) is 42.9 Å². The van der Waals surface area contributed by atoms with Crippen molar-refractivity contribution in [2.75, 3.05) is 6.61 Å². The van der Waals surface area contributed by atoms with Gasteiger partial charge in [0.1, 0.15) is 6.10 Å². The first-order valence-electron chi connectivity index (χ1n) is 7.75. The van der Waals surface area contributed by atoms with Gasteiger partial charge in [-0.05, 0) is 18.8 Å². The molecule has 0 aromatic carbocycles. The fourth-order valence-electron chi connectivity index (χ4n) is 1.86. The highest BCUT2D eigenvalue weighted by molar-refractivity contribution is 5.72. The van der Waals surface area contributed by atoms with E-state index in [2.05, 4.69) is 4.74 Å². The van der Waals surface area contributed by atoms with Gasteiger partial charge in [-0.25, -0.2) is 4.39 Å². The maximum Gasteiger partial charge on any atom is 0.425 e. The summed E-state index contributed by atoms with van der Waals surface area (Å²) in [5.41, 5.74) is 0. The van der Waals surface area contributed by atoms with Crippen molar-refractivity contribution in [3.8, 4) is 0 Å². The van der Waals surface area contributed by atoms with Crippen molar-refractivity contribution >= 4 is 11.9 Å². The molecule has 0 saturated carbocycles. The van der Waals surface area contributed by atoms with Crippen molar-refractivity contribution in [1.82, 2.24) is 0 Å². The first kappa shape index (κ1) is 23.5. The number of halogens is 6. The molecule has 4 nitrogen and oxygen atoms in total. The maximum absolute atomic E-state index is 12.9. The number of esters is 2. The first-order chi connectivity index (χ1) is 11.3. The van der Waals surface area contributed by atoms with Crippen LogP contribution in [0, 0.1) is 5.92 Å². The third-order valence-electron chi connectivity index (χ3n) is 3.27. The van der Waals surface area contributed by atoms with Gasteiger partial charge >= 0.3 is 24.0 Å². The molecule has 0 spiro atoms. The van der Waals surface area contributed by atoms with E-state index in [9.17, 15) is 35.9 Å². The zero-order valence-corrected chi connectivity index (χ0v) is 14.2. The molecule has 0 rings (SSSR count). The van der Waals surface area contributed by atoms with Gasteiger partial charge in [-0.3, -0.25) is 9.59 Å². The molecule has 0 aliphatic heterocycles. The third kappa shape index (κ3) is 8.97. The number of hydrogen-bond donors (Lipinski definition) is 0. The van der Waals surface area contributed by atoms with E-state index in [-0.39, 0.29) is 24.9 Å². The van der Waals surface area contributed by atoms with Crippen LogP contribution >= 0.6 is 0 Å². The fourth-order valence-corrected chi connectivity index (χ4v) is 1.86. The lowest BCUT2D eigenvalue weighted by Crippen LogP contribution is -2.45. The van der Waals surface area contributed by atoms with E-state index < -0.39 is 43.2 Å². The molecule has 0 amide bonds. The van der Waals surface area contributed by atoms with Crippen molar-refractivity contribution < 1.29 is 45.4 Å². The molecule has 2 atom stereocenters. The van der Waals surface area contributed by atoms with Gasteiger partial charge < -0.3 is 9.47 Å². The third-order valence-corrected chi connectivity index (χ3v) is 3.27. The molecular formula is C15H22F6O4. The van der Waals surface area contributed by atoms with Crippen LogP contribution in [0.25, 0.3) is 0 Å². The monoisotopic (exact) mass is 380 g/mol. The number of alkyl halides is 6. The van der Waals surface area contributed by atoms with Crippen molar-refractivity contribution in [2.24, 2.45) is 5.92 Å². The van der Waals surface area contributed by atoms with Gasteiger partial charge in [0.2, 0.25) is 0 Å². The molecule has 0 aromatic rings. The Labute approximate surface area is 141 Å². The Balaban J connectivity index is 4.19. The highest BCUT2D eigenvalue weighted by Crippen LogP contribution is 2.35. The van der Waals surface area contributed by atoms with Crippen LogP contribution in [0.4, 0.5) is 26.3 Å². The Hall–Kier alpha value is -1.48. The largest absolute Gasteiger partial charge is 0.462 e. The Morgan fingerprint density at radius 2 is 1.52 bits per heavy atom. The van der Waals surface area contributed by atoms with Crippen molar-refractivity contribution in [1.29, 1.82) is 0 Å². The molecule has 0 bridgehead atoms. The number of ether oxygens (including phenoxy) is 2. The number of rotatable bonds is 10. The molecule has 2 unspecified atom stereocenters. The minimum Gasteiger partial charge on any atom is -0.462 e. The van der Waals surface area contributed by atoms with E-state index in [0.717, 1.165) is 0 Å². The highest BCUT2D eigenvalue weighted by Gasteiger charge is 2.57. The molecule has 0 aliphatic carbocycles. The average Bonchev–Trinajstić information content (AvgIpc) is 2.48. The topological polar surface area (TPSA) is 52.6 Å². The fraction of sp³-hybridized carbons (Fsp3) is 0.867. The van der Waals surface area contributed by atoms with Gasteiger partial charge in [-0.1, -0.05) is 20.8 Å². The summed E-state index contributed by atoms with van der Waals surface area (Å²) in [7, 11) is 0. The minimum absolute atomic E-state index is 0.0872. The molecule has 0 aromatic heterocycles. The summed E-state index contributed by atoms with van der Waals surface area (Å²) in [5, 5.41) is 0. The van der Waals surface area contributed by atoms with Gasteiger partial charge in [-0.15, -0.1) is 0 Å². The van der Waals surface area contributed by atoms with E-state index >= 15 is 0 Å². The summed E-state index contributed by atoms with van der Waals surface area (Å²) >= 11 is 0. The van der Waals surface area contributed by atoms with E-state index in [1.807, 2.05) is 20.8 Å². The molecule has 0 aliphatic rings. The summed E-state index contributed by atoms with van der Waals surface area (Å²) in [6, 6.07) is 0. The van der Waals surface area contributed by atoms with Crippen LogP contribution in [0.5, 0.6) is 0 Å². The van der Waals surface area contributed by atoms with Gasteiger partial charge in [0.25, 0.3) is 6.17 Å². The molecule has 0 saturated heterocycles. The first-order valence-corrected chi connectivity index (χ1v) is 7.75. The van der Waals surface area contributed by atoms with Crippen LogP contribution in [0.3, 0.4) is 0 Å². The van der Waals surface area contributed by atoms with Gasteiger partial charge in [0.05, 0.1) is 0 Å². The van der Waals surface area contributed by atoms with E-state index in [4.69, 9.17) is 4.74 Å². The lowest BCUT2D eigenvalue weighted by atomic mass is 10.1. The molecule has 0 heterocycles. The Morgan fingerprint density at radius 3 is 1.96 bits per heavy atom. The van der Waals surface area contributed by atoms with E-state index in [1.54, 1.807) is 0 Å². The molecule has 0 radical (unpaired) electrons. The zero-order chi connectivity index (χ0) is 19.8. The lowest BCUT2D eigenvalue weighted by molar-refractivity contribution is -0.254. The van der Waals surface area contributed by atoms with Crippen molar-refractivity contribution in [3.63, 3.8) is 0 Å². The molecule has 148 valence electrons. The number of hydrogen-bond acceptors (Lipinski definition) is 4.